The summed E-state index contributed by atoms with van der Waals surface area (Å²) in [6.45, 7) is 1.19. The van der Waals surface area contributed by atoms with Crippen molar-refractivity contribution in [3.05, 3.63) is 101 Å². The van der Waals surface area contributed by atoms with Crippen molar-refractivity contribution in [2.45, 2.75) is 30.7 Å². The average molecular weight is 399 g/mol. The number of benzene rings is 3. The van der Waals surface area contributed by atoms with Crippen LogP contribution in [0.25, 0.3) is 0 Å². The van der Waals surface area contributed by atoms with E-state index in [1.165, 1.54) is 22.3 Å². The molecule has 4 heteroatoms. The predicted molar refractivity (Wildman–Crippen MR) is 119 cm³/mol. The van der Waals surface area contributed by atoms with Crippen LogP contribution < -0.4 is 5.32 Å². The molecule has 2 aliphatic rings. The Morgan fingerprint density at radius 1 is 0.933 bits per heavy atom. The summed E-state index contributed by atoms with van der Waals surface area (Å²) in [6, 6.07) is 27.6. The van der Waals surface area contributed by atoms with Gasteiger partial charge in [-0.3, -0.25) is 0 Å². The summed E-state index contributed by atoms with van der Waals surface area (Å²) in [5, 5.41) is 13.3. The molecule has 5 rings (SSSR count). The van der Waals surface area contributed by atoms with E-state index in [4.69, 9.17) is 0 Å². The molecule has 1 fully saturated rings. The van der Waals surface area contributed by atoms with E-state index in [2.05, 4.69) is 72.0 Å². The summed E-state index contributed by atoms with van der Waals surface area (Å²) in [5.41, 5.74) is 6.16. The number of carbonyl (C=O) groups is 1. The first kappa shape index (κ1) is 18.7. The van der Waals surface area contributed by atoms with Crippen LogP contribution >= 0.6 is 0 Å². The summed E-state index contributed by atoms with van der Waals surface area (Å²) in [4.78, 5) is 13.2. The standard InChI is InChI=1S/C26H26N2O2/c29-25(30)28-16-13-21-17-22(11-12-23(21)26(18-28)14-15-26)27-24(19-7-3-1-4-8-19)20-9-5-2-6-10-20/h1-12,17,24,27H,13-16,18H2,(H,29,30). The zero-order valence-corrected chi connectivity index (χ0v) is 16.9. The molecular weight excluding hydrogens is 372 g/mol. The summed E-state index contributed by atoms with van der Waals surface area (Å²) in [6.07, 6.45) is 2.11. The van der Waals surface area contributed by atoms with E-state index in [1.54, 1.807) is 4.90 Å². The van der Waals surface area contributed by atoms with E-state index in [0.717, 1.165) is 24.9 Å². The van der Waals surface area contributed by atoms with E-state index < -0.39 is 6.09 Å². The van der Waals surface area contributed by atoms with Crippen molar-refractivity contribution in [2.24, 2.45) is 0 Å². The van der Waals surface area contributed by atoms with Gasteiger partial charge in [0.05, 0.1) is 6.04 Å². The first-order valence-corrected chi connectivity index (χ1v) is 10.6. The Labute approximate surface area is 177 Å². The number of fused-ring (bicyclic) bond motifs is 2. The number of amides is 1. The second kappa shape index (κ2) is 7.52. The fourth-order valence-corrected chi connectivity index (χ4v) is 4.75. The zero-order valence-electron chi connectivity index (χ0n) is 16.9. The molecule has 1 aliphatic carbocycles. The van der Waals surface area contributed by atoms with E-state index >= 15 is 0 Å². The molecule has 0 atom stereocenters. The van der Waals surface area contributed by atoms with Crippen LogP contribution in [-0.4, -0.2) is 29.2 Å². The number of anilines is 1. The number of hydrogen-bond acceptors (Lipinski definition) is 2. The highest BCUT2D eigenvalue weighted by Gasteiger charge is 2.48. The fourth-order valence-electron chi connectivity index (χ4n) is 4.75. The summed E-state index contributed by atoms with van der Waals surface area (Å²) >= 11 is 0. The van der Waals surface area contributed by atoms with Crippen molar-refractivity contribution >= 4 is 11.8 Å². The third-order valence-corrected chi connectivity index (χ3v) is 6.52. The average Bonchev–Trinajstić information content (AvgIpc) is 3.58. The van der Waals surface area contributed by atoms with Crippen molar-refractivity contribution in [2.75, 3.05) is 18.4 Å². The van der Waals surface area contributed by atoms with Crippen LogP contribution in [-0.2, 0) is 11.8 Å². The van der Waals surface area contributed by atoms with Crippen molar-refractivity contribution in [1.29, 1.82) is 0 Å². The van der Waals surface area contributed by atoms with E-state index in [1.807, 2.05) is 12.1 Å². The molecule has 3 aromatic rings. The highest BCUT2D eigenvalue weighted by Crippen LogP contribution is 2.51. The van der Waals surface area contributed by atoms with Gasteiger partial charge in [0.2, 0.25) is 0 Å². The highest BCUT2D eigenvalue weighted by molar-refractivity contribution is 5.66. The Bertz CT molecular complexity index is 1010. The van der Waals surface area contributed by atoms with Gasteiger partial charge in [0, 0.05) is 24.2 Å². The van der Waals surface area contributed by atoms with E-state index in [-0.39, 0.29) is 11.5 Å². The molecule has 30 heavy (non-hydrogen) atoms. The zero-order chi connectivity index (χ0) is 20.6. The minimum atomic E-state index is -0.805. The van der Waals surface area contributed by atoms with Crippen molar-refractivity contribution in [3.8, 4) is 0 Å². The fraction of sp³-hybridized carbons (Fsp3) is 0.269. The van der Waals surface area contributed by atoms with Gasteiger partial charge in [0.15, 0.2) is 0 Å². The SMILES string of the molecule is O=C(O)N1CCc2cc(NC(c3ccccc3)c3ccccc3)ccc2C2(CC2)C1. The lowest BCUT2D eigenvalue weighted by atomic mass is 9.90. The highest BCUT2D eigenvalue weighted by atomic mass is 16.4. The molecule has 0 radical (unpaired) electrons. The third kappa shape index (κ3) is 3.54. The number of hydrogen-bond donors (Lipinski definition) is 2. The Morgan fingerprint density at radius 2 is 1.57 bits per heavy atom. The van der Waals surface area contributed by atoms with E-state index in [9.17, 15) is 9.90 Å². The molecule has 1 heterocycles. The normalized spacial score (nSPS) is 16.8. The smallest absolute Gasteiger partial charge is 0.407 e. The van der Waals surface area contributed by atoms with Crippen LogP contribution in [0.3, 0.4) is 0 Å². The molecule has 152 valence electrons. The van der Waals surface area contributed by atoms with Gasteiger partial charge in [-0.05, 0) is 53.6 Å². The lowest BCUT2D eigenvalue weighted by Gasteiger charge is -2.23. The maximum atomic E-state index is 11.6. The van der Waals surface area contributed by atoms with Crippen molar-refractivity contribution < 1.29 is 9.90 Å². The molecule has 1 saturated carbocycles. The topological polar surface area (TPSA) is 52.6 Å². The van der Waals surface area contributed by atoms with Crippen molar-refractivity contribution in [3.63, 3.8) is 0 Å². The minimum Gasteiger partial charge on any atom is -0.465 e. The summed E-state index contributed by atoms with van der Waals surface area (Å²) in [5.74, 6) is 0. The van der Waals surface area contributed by atoms with Crippen LogP contribution in [0.4, 0.5) is 10.5 Å². The molecule has 0 bridgehead atoms. The van der Waals surface area contributed by atoms with Gasteiger partial charge in [-0.15, -0.1) is 0 Å². The lowest BCUT2D eigenvalue weighted by Crippen LogP contribution is -2.35. The van der Waals surface area contributed by atoms with Gasteiger partial charge in [-0.25, -0.2) is 4.79 Å². The lowest BCUT2D eigenvalue weighted by molar-refractivity contribution is 0.142. The van der Waals surface area contributed by atoms with Crippen LogP contribution in [0, 0.1) is 0 Å². The largest absolute Gasteiger partial charge is 0.465 e. The Morgan fingerprint density at radius 3 is 2.13 bits per heavy atom. The Hall–Kier alpha value is -3.27. The predicted octanol–water partition coefficient (Wildman–Crippen LogP) is 5.46. The third-order valence-electron chi connectivity index (χ3n) is 6.52. The number of carboxylic acid groups (broad SMARTS) is 1. The second-order valence-corrected chi connectivity index (χ2v) is 8.51. The molecule has 1 spiro atoms. The quantitative estimate of drug-likeness (QED) is 0.614. The summed E-state index contributed by atoms with van der Waals surface area (Å²) < 4.78 is 0. The maximum Gasteiger partial charge on any atom is 0.407 e. The first-order chi connectivity index (χ1) is 14.6. The van der Waals surface area contributed by atoms with Gasteiger partial charge in [-0.2, -0.15) is 0 Å². The van der Waals surface area contributed by atoms with E-state index in [0.29, 0.717) is 13.1 Å². The second-order valence-electron chi connectivity index (χ2n) is 8.51. The number of nitrogens with one attached hydrogen (secondary N) is 1. The van der Waals surface area contributed by atoms with Gasteiger partial charge < -0.3 is 15.3 Å². The molecule has 0 saturated heterocycles. The molecule has 1 aliphatic heterocycles. The first-order valence-electron chi connectivity index (χ1n) is 10.6. The van der Waals surface area contributed by atoms with Crippen molar-refractivity contribution in [1.82, 2.24) is 4.90 Å². The Kier molecular flexibility index (Phi) is 4.70. The van der Waals surface area contributed by atoms with Gasteiger partial charge in [0.25, 0.3) is 0 Å². The van der Waals surface area contributed by atoms with Crippen LogP contribution in [0.15, 0.2) is 78.9 Å². The maximum absolute atomic E-state index is 11.6. The number of rotatable bonds is 4. The molecular formula is C26H26N2O2. The van der Waals surface area contributed by atoms with Crippen LogP contribution in [0.1, 0.15) is 41.1 Å². The monoisotopic (exact) mass is 398 g/mol. The van der Waals surface area contributed by atoms with Gasteiger partial charge >= 0.3 is 6.09 Å². The molecule has 0 unspecified atom stereocenters. The summed E-state index contributed by atoms with van der Waals surface area (Å²) in [7, 11) is 0. The van der Waals surface area contributed by atoms with Crippen LogP contribution in [0.5, 0.6) is 0 Å². The molecule has 3 aromatic carbocycles. The number of nitrogens with zero attached hydrogens (tertiary/aromatic N) is 1. The van der Waals surface area contributed by atoms with Crippen LogP contribution in [0.2, 0.25) is 0 Å². The Balaban J connectivity index is 1.47. The molecule has 0 aromatic heterocycles. The molecule has 2 N–H and O–H groups in total. The van der Waals surface area contributed by atoms with Gasteiger partial charge in [-0.1, -0.05) is 66.7 Å². The van der Waals surface area contributed by atoms with Gasteiger partial charge in [0.1, 0.15) is 0 Å². The minimum absolute atomic E-state index is 0.0288. The molecule has 1 amide bonds. The molecule has 4 nitrogen and oxygen atoms in total.